The summed E-state index contributed by atoms with van der Waals surface area (Å²) >= 11 is 6.10. The Morgan fingerprint density at radius 3 is 2.39 bits per heavy atom. The van der Waals surface area contributed by atoms with Crippen molar-refractivity contribution in [3.63, 3.8) is 0 Å². The Morgan fingerprint density at radius 1 is 1.11 bits per heavy atom. The Kier molecular flexibility index (Phi) is 4.83. The van der Waals surface area contributed by atoms with E-state index in [2.05, 4.69) is 9.80 Å². The number of hydrogen-bond donors (Lipinski definition) is 2. The molecule has 1 heterocycles. The summed E-state index contributed by atoms with van der Waals surface area (Å²) in [6.45, 7) is 4.74. The van der Waals surface area contributed by atoms with Gasteiger partial charge < -0.3 is 15.1 Å². The van der Waals surface area contributed by atoms with Crippen LogP contribution in [0, 0.1) is 0 Å². The highest BCUT2D eigenvalue weighted by Gasteiger charge is 2.17. The fourth-order valence-corrected chi connectivity index (χ4v) is 2.47. The van der Waals surface area contributed by atoms with Crippen molar-refractivity contribution in [1.29, 1.82) is 0 Å². The first-order chi connectivity index (χ1) is 8.74. The quantitative estimate of drug-likeness (QED) is 0.855. The van der Waals surface area contributed by atoms with E-state index in [4.69, 9.17) is 21.8 Å². The second-order valence-corrected chi connectivity index (χ2v) is 4.89. The second kappa shape index (κ2) is 6.38. The van der Waals surface area contributed by atoms with Crippen molar-refractivity contribution in [3.05, 3.63) is 28.8 Å². The van der Waals surface area contributed by atoms with E-state index in [9.17, 15) is 0 Å². The number of piperazine rings is 1. The monoisotopic (exact) mass is 270 g/mol. The lowest BCUT2D eigenvalue weighted by Gasteiger charge is -2.35. The summed E-state index contributed by atoms with van der Waals surface area (Å²) in [6.07, 6.45) is 0. The van der Waals surface area contributed by atoms with Gasteiger partial charge in [0.25, 0.3) is 0 Å². The van der Waals surface area contributed by atoms with Gasteiger partial charge in [0.15, 0.2) is 0 Å². The summed E-state index contributed by atoms with van der Waals surface area (Å²) in [5.41, 5.74) is 1.86. The molecular formula is C13H19ClN2O2. The molecule has 0 amide bonds. The van der Waals surface area contributed by atoms with Gasteiger partial charge in [0.2, 0.25) is 0 Å². The van der Waals surface area contributed by atoms with E-state index in [1.807, 2.05) is 18.2 Å². The Hall–Kier alpha value is -0.810. The molecule has 1 saturated heterocycles. The molecule has 1 aromatic carbocycles. The van der Waals surface area contributed by atoms with Gasteiger partial charge in [-0.05, 0) is 17.7 Å². The van der Waals surface area contributed by atoms with Crippen LogP contribution >= 0.6 is 11.6 Å². The van der Waals surface area contributed by atoms with Gasteiger partial charge in [-0.25, -0.2) is 0 Å². The summed E-state index contributed by atoms with van der Waals surface area (Å²) in [5.74, 6) is 0. The molecule has 0 unspecified atom stereocenters. The van der Waals surface area contributed by atoms with Crippen molar-refractivity contribution in [3.8, 4) is 0 Å². The molecule has 2 N–H and O–H groups in total. The Bertz CT molecular complexity index is 393. The van der Waals surface area contributed by atoms with E-state index < -0.39 is 0 Å². The molecule has 0 atom stereocenters. The van der Waals surface area contributed by atoms with Crippen LogP contribution in [0.4, 0.5) is 5.69 Å². The smallest absolute Gasteiger partial charge is 0.0696 e. The van der Waals surface area contributed by atoms with Crippen molar-refractivity contribution in [2.24, 2.45) is 0 Å². The van der Waals surface area contributed by atoms with Gasteiger partial charge >= 0.3 is 0 Å². The molecule has 0 radical (unpaired) electrons. The number of benzene rings is 1. The molecule has 0 aromatic heterocycles. The molecule has 1 fully saturated rings. The lowest BCUT2D eigenvalue weighted by Crippen LogP contribution is -2.47. The minimum atomic E-state index is -0.0244. The summed E-state index contributed by atoms with van der Waals surface area (Å²) in [7, 11) is 0. The molecule has 1 aromatic rings. The summed E-state index contributed by atoms with van der Waals surface area (Å²) < 4.78 is 0. The van der Waals surface area contributed by atoms with Gasteiger partial charge in [-0.1, -0.05) is 17.7 Å². The topological polar surface area (TPSA) is 46.9 Å². The highest BCUT2D eigenvalue weighted by molar-refractivity contribution is 6.31. The third-order valence-corrected chi connectivity index (χ3v) is 3.71. The zero-order chi connectivity index (χ0) is 13.0. The molecule has 0 saturated carbocycles. The largest absolute Gasteiger partial charge is 0.395 e. The van der Waals surface area contributed by atoms with E-state index in [1.54, 1.807) is 0 Å². The standard InChI is InChI=1S/C13H19ClN2O2/c14-13-9-12(2-1-11(13)10-18)16-5-3-15(4-6-16)7-8-17/h1-2,9,17-18H,3-8,10H2. The van der Waals surface area contributed by atoms with Crippen LogP contribution < -0.4 is 4.90 Å². The van der Waals surface area contributed by atoms with Gasteiger partial charge in [-0.2, -0.15) is 0 Å². The van der Waals surface area contributed by atoms with Crippen LogP contribution in [0.25, 0.3) is 0 Å². The molecule has 1 aliphatic rings. The number of hydrogen-bond acceptors (Lipinski definition) is 4. The fraction of sp³-hybridized carbons (Fsp3) is 0.538. The average Bonchev–Trinajstić information content (AvgIpc) is 2.40. The van der Waals surface area contributed by atoms with Gasteiger partial charge in [-0.3, -0.25) is 4.90 Å². The Balaban J connectivity index is 1.99. The summed E-state index contributed by atoms with van der Waals surface area (Å²) in [5, 5.41) is 18.6. The SMILES string of the molecule is OCCN1CCN(c2ccc(CO)c(Cl)c2)CC1. The molecule has 5 heteroatoms. The van der Waals surface area contributed by atoms with Crippen molar-refractivity contribution in [2.75, 3.05) is 44.2 Å². The third kappa shape index (κ3) is 3.14. The second-order valence-electron chi connectivity index (χ2n) is 4.49. The van der Waals surface area contributed by atoms with E-state index in [0.717, 1.165) is 44.0 Å². The van der Waals surface area contributed by atoms with E-state index in [1.165, 1.54) is 0 Å². The molecule has 0 bridgehead atoms. The average molecular weight is 271 g/mol. The minimum absolute atomic E-state index is 0.0244. The van der Waals surface area contributed by atoms with Crippen molar-refractivity contribution in [2.45, 2.75) is 6.61 Å². The molecule has 18 heavy (non-hydrogen) atoms. The first kappa shape index (κ1) is 13.6. The predicted octanol–water partition coefficient (Wildman–Crippen LogP) is 0.947. The maximum atomic E-state index is 9.09. The normalized spacial score (nSPS) is 17.2. The van der Waals surface area contributed by atoms with Gasteiger partial charge in [0, 0.05) is 43.4 Å². The van der Waals surface area contributed by atoms with Crippen LogP contribution in [0.15, 0.2) is 18.2 Å². The van der Waals surface area contributed by atoms with E-state index in [-0.39, 0.29) is 13.2 Å². The highest BCUT2D eigenvalue weighted by Crippen LogP contribution is 2.24. The van der Waals surface area contributed by atoms with Gasteiger partial charge in [-0.15, -0.1) is 0 Å². The Morgan fingerprint density at radius 2 is 1.83 bits per heavy atom. The molecule has 1 aliphatic heterocycles. The summed E-state index contributed by atoms with van der Waals surface area (Å²) in [6, 6.07) is 5.78. The van der Waals surface area contributed by atoms with Crippen LogP contribution in [-0.4, -0.2) is 54.4 Å². The maximum Gasteiger partial charge on any atom is 0.0696 e. The molecular weight excluding hydrogens is 252 g/mol. The lowest BCUT2D eigenvalue weighted by atomic mass is 10.2. The first-order valence-electron chi connectivity index (χ1n) is 6.22. The van der Waals surface area contributed by atoms with Crippen LogP contribution in [0.3, 0.4) is 0 Å². The maximum absolute atomic E-state index is 9.09. The minimum Gasteiger partial charge on any atom is -0.395 e. The first-order valence-corrected chi connectivity index (χ1v) is 6.60. The zero-order valence-electron chi connectivity index (χ0n) is 10.3. The van der Waals surface area contributed by atoms with Crippen molar-refractivity contribution in [1.82, 2.24) is 4.90 Å². The number of rotatable bonds is 4. The van der Waals surface area contributed by atoms with Crippen LogP contribution in [0.5, 0.6) is 0 Å². The number of nitrogens with zero attached hydrogens (tertiary/aromatic N) is 2. The molecule has 4 nitrogen and oxygen atoms in total. The number of β-amino-alcohol motifs (C(OH)–C–C–N with tert-alkyl or cyclic N) is 1. The zero-order valence-corrected chi connectivity index (χ0v) is 11.1. The molecule has 100 valence electrons. The van der Waals surface area contributed by atoms with E-state index in [0.29, 0.717) is 5.02 Å². The predicted molar refractivity (Wildman–Crippen MR) is 73.1 cm³/mol. The van der Waals surface area contributed by atoms with Gasteiger partial charge in [0.1, 0.15) is 0 Å². The molecule has 0 spiro atoms. The third-order valence-electron chi connectivity index (χ3n) is 3.36. The van der Waals surface area contributed by atoms with Crippen LogP contribution in [0.1, 0.15) is 5.56 Å². The highest BCUT2D eigenvalue weighted by atomic mass is 35.5. The lowest BCUT2D eigenvalue weighted by molar-refractivity contribution is 0.189. The number of aliphatic hydroxyl groups excluding tert-OH is 2. The number of anilines is 1. The van der Waals surface area contributed by atoms with Gasteiger partial charge in [0.05, 0.1) is 13.2 Å². The van der Waals surface area contributed by atoms with Crippen molar-refractivity contribution >= 4 is 17.3 Å². The number of halogens is 1. The Labute approximate surface area is 112 Å². The summed E-state index contributed by atoms with van der Waals surface area (Å²) in [4.78, 5) is 4.53. The van der Waals surface area contributed by atoms with Crippen LogP contribution in [-0.2, 0) is 6.61 Å². The molecule has 0 aliphatic carbocycles. The molecule has 2 rings (SSSR count). The van der Waals surface area contributed by atoms with Crippen molar-refractivity contribution < 1.29 is 10.2 Å². The fourth-order valence-electron chi connectivity index (χ4n) is 2.23. The number of aliphatic hydroxyl groups is 2. The van der Waals surface area contributed by atoms with E-state index >= 15 is 0 Å². The van der Waals surface area contributed by atoms with Crippen LogP contribution in [0.2, 0.25) is 5.02 Å².